The number of benzene rings is 1. The van der Waals surface area contributed by atoms with Gasteiger partial charge in [0.2, 0.25) is 0 Å². The molecule has 0 unspecified atom stereocenters. The van der Waals surface area contributed by atoms with Gasteiger partial charge in [-0.25, -0.2) is 4.68 Å². The summed E-state index contributed by atoms with van der Waals surface area (Å²) in [6.45, 7) is 10.8. The van der Waals surface area contributed by atoms with Gasteiger partial charge in [-0.05, 0) is 64.3 Å². The van der Waals surface area contributed by atoms with Crippen LogP contribution in [-0.4, -0.2) is 57.5 Å². The third-order valence-corrected chi connectivity index (χ3v) is 6.47. The maximum absolute atomic E-state index is 12.8. The number of fused-ring (bicyclic) bond motifs is 1. The molecule has 4 rings (SSSR count). The van der Waals surface area contributed by atoms with Gasteiger partial charge < -0.3 is 10.6 Å². The molecule has 1 aromatic heterocycles. The zero-order chi connectivity index (χ0) is 20.4. The number of amides is 1. The maximum atomic E-state index is 12.8. The van der Waals surface area contributed by atoms with Crippen LogP contribution in [0.1, 0.15) is 60.0 Å². The van der Waals surface area contributed by atoms with E-state index < -0.39 is 0 Å². The lowest BCUT2D eigenvalue weighted by Crippen LogP contribution is -2.53. The summed E-state index contributed by atoms with van der Waals surface area (Å²) in [7, 11) is 0. The Morgan fingerprint density at radius 3 is 2.58 bits per heavy atom. The minimum absolute atomic E-state index is 0. The van der Waals surface area contributed by atoms with E-state index in [1.165, 1.54) is 11.1 Å². The molecule has 3 heterocycles. The van der Waals surface area contributed by atoms with E-state index in [-0.39, 0.29) is 36.3 Å². The summed E-state index contributed by atoms with van der Waals surface area (Å²) < 4.78 is 1.93. The van der Waals surface area contributed by atoms with Gasteiger partial charge in [0, 0.05) is 25.2 Å². The number of nitrogens with one attached hydrogen (secondary N) is 2. The number of piperidine rings is 1. The second-order valence-corrected chi connectivity index (χ2v) is 8.88. The maximum Gasteiger partial charge on any atom is 0.273 e. The van der Waals surface area contributed by atoms with E-state index in [9.17, 15) is 4.79 Å². The van der Waals surface area contributed by atoms with Crippen molar-refractivity contribution in [3.8, 4) is 0 Å². The molecule has 0 bridgehead atoms. The molecule has 1 aromatic carbocycles. The fourth-order valence-electron chi connectivity index (χ4n) is 4.45. The molecule has 2 N–H and O–H groups in total. The van der Waals surface area contributed by atoms with E-state index >= 15 is 0 Å². The predicted molar refractivity (Wildman–Crippen MR) is 127 cm³/mol. The van der Waals surface area contributed by atoms with Gasteiger partial charge >= 0.3 is 0 Å². The van der Waals surface area contributed by atoms with Crippen molar-refractivity contribution in [3.05, 3.63) is 46.8 Å². The number of hydrogen-bond acceptors (Lipinski definition) is 5. The van der Waals surface area contributed by atoms with Crippen LogP contribution in [-0.2, 0) is 13.0 Å². The SMILES string of the molecule is Cc1c(C(=O)NCC(C)(C)N2CCc3ccccc3C2)nnn1C1CCNCC1.Cl.Cl. The highest BCUT2D eigenvalue weighted by atomic mass is 35.5. The molecule has 0 atom stereocenters. The molecule has 0 saturated carbocycles. The van der Waals surface area contributed by atoms with Crippen LogP contribution >= 0.6 is 24.8 Å². The van der Waals surface area contributed by atoms with Crippen molar-refractivity contribution in [3.63, 3.8) is 0 Å². The molecular weight excluding hydrogens is 435 g/mol. The molecule has 172 valence electrons. The summed E-state index contributed by atoms with van der Waals surface area (Å²) in [5.41, 5.74) is 4.00. The van der Waals surface area contributed by atoms with Crippen molar-refractivity contribution in [2.45, 2.75) is 58.2 Å². The average Bonchev–Trinajstić information content (AvgIpc) is 3.13. The molecule has 2 aromatic rings. The van der Waals surface area contributed by atoms with Crippen LogP contribution in [0.5, 0.6) is 0 Å². The third-order valence-electron chi connectivity index (χ3n) is 6.47. The first-order valence-electron chi connectivity index (χ1n) is 10.7. The van der Waals surface area contributed by atoms with Gasteiger partial charge in [-0.3, -0.25) is 9.69 Å². The van der Waals surface area contributed by atoms with Crippen molar-refractivity contribution < 1.29 is 4.79 Å². The Balaban J connectivity index is 0.00000171. The second kappa shape index (κ2) is 10.8. The summed E-state index contributed by atoms with van der Waals surface area (Å²) >= 11 is 0. The van der Waals surface area contributed by atoms with Gasteiger partial charge in [0.25, 0.3) is 5.91 Å². The number of halogens is 2. The van der Waals surface area contributed by atoms with Crippen molar-refractivity contribution >= 4 is 30.7 Å². The lowest BCUT2D eigenvalue weighted by atomic mass is 9.94. The number of carbonyl (C=O) groups excluding carboxylic acids is 1. The zero-order valence-corrected chi connectivity index (χ0v) is 20.2. The van der Waals surface area contributed by atoms with Gasteiger partial charge in [-0.1, -0.05) is 29.5 Å². The van der Waals surface area contributed by atoms with Gasteiger partial charge in [-0.15, -0.1) is 29.9 Å². The lowest BCUT2D eigenvalue weighted by molar-refractivity contribution is 0.0822. The van der Waals surface area contributed by atoms with Crippen LogP contribution in [0, 0.1) is 6.92 Å². The molecule has 31 heavy (non-hydrogen) atoms. The first-order chi connectivity index (χ1) is 14.0. The highest BCUT2D eigenvalue weighted by Crippen LogP contribution is 2.25. The largest absolute Gasteiger partial charge is 0.349 e. The molecule has 0 aliphatic carbocycles. The van der Waals surface area contributed by atoms with Crippen molar-refractivity contribution in [2.75, 3.05) is 26.2 Å². The molecule has 1 amide bonds. The third kappa shape index (κ3) is 5.58. The average molecular weight is 469 g/mol. The molecule has 0 radical (unpaired) electrons. The van der Waals surface area contributed by atoms with Crippen LogP contribution in [0.4, 0.5) is 0 Å². The summed E-state index contributed by atoms with van der Waals surface area (Å²) in [5, 5.41) is 15.0. The van der Waals surface area contributed by atoms with E-state index in [1.807, 2.05) is 11.6 Å². The monoisotopic (exact) mass is 468 g/mol. The number of rotatable bonds is 5. The summed E-state index contributed by atoms with van der Waals surface area (Å²) in [6.07, 6.45) is 3.10. The van der Waals surface area contributed by atoms with E-state index in [0.29, 0.717) is 18.3 Å². The molecule has 2 aliphatic rings. The fourth-order valence-corrected chi connectivity index (χ4v) is 4.45. The van der Waals surface area contributed by atoms with Crippen LogP contribution < -0.4 is 10.6 Å². The second-order valence-electron chi connectivity index (χ2n) is 8.88. The molecule has 7 nitrogen and oxygen atoms in total. The molecule has 2 aliphatic heterocycles. The number of aromatic nitrogens is 3. The van der Waals surface area contributed by atoms with E-state index in [1.54, 1.807) is 0 Å². The van der Waals surface area contributed by atoms with Crippen molar-refractivity contribution in [1.29, 1.82) is 0 Å². The Hall–Kier alpha value is -1.67. The highest BCUT2D eigenvalue weighted by molar-refractivity contribution is 5.93. The summed E-state index contributed by atoms with van der Waals surface area (Å²) in [5.74, 6) is -0.131. The Morgan fingerprint density at radius 2 is 1.87 bits per heavy atom. The van der Waals surface area contributed by atoms with Crippen LogP contribution in [0.25, 0.3) is 0 Å². The zero-order valence-electron chi connectivity index (χ0n) is 18.6. The summed E-state index contributed by atoms with van der Waals surface area (Å²) in [6, 6.07) is 8.97. The Kier molecular flexibility index (Phi) is 8.89. The van der Waals surface area contributed by atoms with Gasteiger partial charge in [0.15, 0.2) is 5.69 Å². The first-order valence-corrected chi connectivity index (χ1v) is 10.7. The molecule has 0 spiro atoms. The smallest absolute Gasteiger partial charge is 0.273 e. The molecular formula is C22H34Cl2N6O. The molecule has 9 heteroatoms. The Morgan fingerprint density at radius 1 is 1.19 bits per heavy atom. The van der Waals surface area contributed by atoms with Crippen LogP contribution in [0.2, 0.25) is 0 Å². The Labute approximate surface area is 197 Å². The number of nitrogens with zero attached hydrogens (tertiary/aromatic N) is 4. The quantitative estimate of drug-likeness (QED) is 0.705. The van der Waals surface area contributed by atoms with E-state index in [2.05, 4.69) is 64.0 Å². The van der Waals surface area contributed by atoms with E-state index in [4.69, 9.17) is 0 Å². The standard InChI is InChI=1S/C22H32N6O.2ClH/c1-16-20(25-26-28(16)19-8-11-23-12-9-19)21(29)24-15-22(2,3)27-13-10-17-6-4-5-7-18(17)14-27;;/h4-7,19,23H,8-15H2,1-3H3,(H,24,29);2*1H. The molecule has 1 fully saturated rings. The van der Waals surface area contributed by atoms with Crippen molar-refractivity contribution in [2.24, 2.45) is 0 Å². The van der Waals surface area contributed by atoms with Gasteiger partial charge in [-0.2, -0.15) is 0 Å². The lowest BCUT2D eigenvalue weighted by Gasteiger charge is -2.41. The van der Waals surface area contributed by atoms with E-state index in [0.717, 1.165) is 51.1 Å². The fraction of sp³-hybridized carbons (Fsp3) is 0.591. The minimum atomic E-state index is -0.137. The molecule has 1 saturated heterocycles. The normalized spacial score (nSPS) is 17.3. The summed E-state index contributed by atoms with van der Waals surface area (Å²) in [4.78, 5) is 15.3. The number of carbonyl (C=O) groups is 1. The van der Waals surface area contributed by atoms with Crippen LogP contribution in [0.15, 0.2) is 24.3 Å². The number of hydrogen-bond donors (Lipinski definition) is 2. The highest BCUT2D eigenvalue weighted by Gasteiger charge is 2.31. The van der Waals surface area contributed by atoms with Crippen LogP contribution in [0.3, 0.4) is 0 Å². The topological polar surface area (TPSA) is 75.1 Å². The van der Waals surface area contributed by atoms with Gasteiger partial charge in [0.05, 0.1) is 11.7 Å². The van der Waals surface area contributed by atoms with Crippen molar-refractivity contribution in [1.82, 2.24) is 30.5 Å². The first kappa shape index (κ1) is 25.6. The predicted octanol–water partition coefficient (Wildman–Crippen LogP) is 2.92. The minimum Gasteiger partial charge on any atom is -0.349 e. The Bertz CT molecular complexity index is 879. The van der Waals surface area contributed by atoms with Gasteiger partial charge in [0.1, 0.15) is 0 Å².